The molecule has 1 aliphatic rings. The summed E-state index contributed by atoms with van der Waals surface area (Å²) in [5.74, 6) is -0.115. The number of halogens is 1. The monoisotopic (exact) mass is 276 g/mol. The molecule has 4 nitrogen and oxygen atoms in total. The van der Waals surface area contributed by atoms with Gasteiger partial charge in [-0.05, 0) is 13.0 Å². The molecular weight excluding hydrogens is 259 g/mol. The molecule has 0 atom stereocenters. The quantitative estimate of drug-likeness (QED) is 0.936. The molecule has 1 N–H and O–H groups in total. The number of ether oxygens (including phenoxy) is 2. The maximum absolute atomic E-state index is 14.0. The van der Waals surface area contributed by atoms with Crippen LogP contribution in [0.5, 0.6) is 5.75 Å². The summed E-state index contributed by atoms with van der Waals surface area (Å²) in [4.78, 5) is 4.57. The van der Waals surface area contributed by atoms with E-state index >= 15 is 0 Å². The van der Waals surface area contributed by atoms with Crippen LogP contribution in [-0.4, -0.2) is 25.2 Å². The van der Waals surface area contributed by atoms with Crippen LogP contribution in [0.25, 0.3) is 10.9 Å². The minimum absolute atomic E-state index is 0.259. The van der Waals surface area contributed by atoms with Gasteiger partial charge in [0.25, 0.3) is 0 Å². The highest BCUT2D eigenvalue weighted by atomic mass is 19.1. The Bertz CT molecular complexity index is 658. The number of fused-ring (bicyclic) bond motifs is 2. The summed E-state index contributed by atoms with van der Waals surface area (Å²) in [5, 5.41) is 4.05. The molecule has 0 unspecified atom stereocenters. The number of hydrogen-bond donors (Lipinski definition) is 1. The molecule has 1 aliphatic heterocycles. The summed E-state index contributed by atoms with van der Waals surface area (Å²) in [6.45, 7) is 3.46. The van der Waals surface area contributed by atoms with E-state index < -0.39 is 0 Å². The summed E-state index contributed by atoms with van der Waals surface area (Å²) < 4.78 is 24.8. The van der Waals surface area contributed by atoms with Crippen LogP contribution < -0.4 is 10.1 Å². The average molecular weight is 276 g/mol. The van der Waals surface area contributed by atoms with Crippen LogP contribution in [-0.2, 0) is 17.8 Å². The van der Waals surface area contributed by atoms with Crippen LogP contribution in [0.1, 0.15) is 18.2 Å². The molecule has 106 valence electrons. The van der Waals surface area contributed by atoms with Crippen molar-refractivity contribution in [3.63, 3.8) is 0 Å². The Morgan fingerprint density at radius 1 is 1.45 bits per heavy atom. The summed E-state index contributed by atoms with van der Waals surface area (Å²) in [5.41, 5.74) is 3.64. The van der Waals surface area contributed by atoms with Gasteiger partial charge in [-0.3, -0.25) is 4.98 Å². The predicted octanol–water partition coefficient (Wildman–Crippen LogP) is 2.89. The van der Waals surface area contributed by atoms with E-state index in [4.69, 9.17) is 9.47 Å². The lowest BCUT2D eigenvalue weighted by Crippen LogP contribution is -2.14. The minimum atomic E-state index is -0.374. The second-order valence-corrected chi connectivity index (χ2v) is 4.70. The van der Waals surface area contributed by atoms with Crippen molar-refractivity contribution in [2.75, 3.05) is 25.6 Å². The fourth-order valence-electron chi connectivity index (χ4n) is 2.61. The zero-order valence-corrected chi connectivity index (χ0v) is 11.6. The van der Waals surface area contributed by atoms with Crippen molar-refractivity contribution in [3.05, 3.63) is 29.2 Å². The van der Waals surface area contributed by atoms with Crippen LogP contribution in [0, 0.1) is 5.82 Å². The molecule has 2 heterocycles. The van der Waals surface area contributed by atoms with E-state index in [0.29, 0.717) is 25.3 Å². The van der Waals surface area contributed by atoms with Gasteiger partial charge in [-0.2, -0.15) is 0 Å². The van der Waals surface area contributed by atoms with E-state index in [1.54, 1.807) is 6.07 Å². The Balaban J connectivity index is 2.27. The maximum atomic E-state index is 14.0. The molecule has 0 radical (unpaired) electrons. The Kier molecular flexibility index (Phi) is 3.44. The van der Waals surface area contributed by atoms with Crippen molar-refractivity contribution in [1.29, 1.82) is 0 Å². The van der Waals surface area contributed by atoms with Crippen molar-refractivity contribution in [2.45, 2.75) is 20.0 Å². The number of benzene rings is 1. The fraction of sp³-hybridized carbons (Fsp3) is 0.400. The van der Waals surface area contributed by atoms with E-state index in [0.717, 1.165) is 28.8 Å². The predicted molar refractivity (Wildman–Crippen MR) is 75.8 cm³/mol. The van der Waals surface area contributed by atoms with Crippen molar-refractivity contribution >= 4 is 16.6 Å². The van der Waals surface area contributed by atoms with Gasteiger partial charge in [-0.15, -0.1) is 0 Å². The molecule has 20 heavy (non-hydrogen) atoms. The molecule has 0 fully saturated rings. The van der Waals surface area contributed by atoms with Gasteiger partial charge in [-0.1, -0.05) is 0 Å². The summed E-state index contributed by atoms with van der Waals surface area (Å²) in [6, 6.07) is 3.15. The van der Waals surface area contributed by atoms with Gasteiger partial charge in [0.1, 0.15) is 0 Å². The first kappa shape index (κ1) is 13.1. The van der Waals surface area contributed by atoms with Gasteiger partial charge >= 0.3 is 0 Å². The molecule has 0 saturated carbocycles. The van der Waals surface area contributed by atoms with Gasteiger partial charge in [0.2, 0.25) is 0 Å². The molecule has 0 saturated heterocycles. The third-order valence-corrected chi connectivity index (χ3v) is 3.50. The largest absolute Gasteiger partial charge is 0.491 e. The highest BCUT2D eigenvalue weighted by Gasteiger charge is 2.19. The van der Waals surface area contributed by atoms with Gasteiger partial charge in [0, 0.05) is 30.5 Å². The third kappa shape index (κ3) is 2.08. The average Bonchev–Trinajstić information content (AvgIpc) is 2.46. The Morgan fingerprint density at radius 3 is 3.05 bits per heavy atom. The van der Waals surface area contributed by atoms with Crippen LogP contribution in [0.15, 0.2) is 12.1 Å². The highest BCUT2D eigenvalue weighted by molar-refractivity contribution is 5.94. The first-order valence-electron chi connectivity index (χ1n) is 6.78. The second kappa shape index (κ2) is 5.25. The normalized spacial score (nSPS) is 14.2. The number of rotatable bonds is 3. The van der Waals surface area contributed by atoms with E-state index in [9.17, 15) is 4.39 Å². The number of nitrogens with zero attached hydrogens (tertiary/aromatic N) is 1. The smallest absolute Gasteiger partial charge is 0.167 e. The van der Waals surface area contributed by atoms with Crippen molar-refractivity contribution in [3.8, 4) is 5.75 Å². The van der Waals surface area contributed by atoms with Crippen LogP contribution in [0.3, 0.4) is 0 Å². The van der Waals surface area contributed by atoms with Gasteiger partial charge < -0.3 is 14.8 Å². The second-order valence-electron chi connectivity index (χ2n) is 4.70. The van der Waals surface area contributed by atoms with Crippen molar-refractivity contribution < 1.29 is 13.9 Å². The topological polar surface area (TPSA) is 43.4 Å². The van der Waals surface area contributed by atoms with Gasteiger partial charge in [0.15, 0.2) is 11.6 Å². The van der Waals surface area contributed by atoms with Gasteiger partial charge in [-0.25, -0.2) is 4.39 Å². The van der Waals surface area contributed by atoms with Crippen molar-refractivity contribution in [1.82, 2.24) is 4.98 Å². The lowest BCUT2D eigenvalue weighted by atomic mass is 10.0. The van der Waals surface area contributed by atoms with E-state index in [1.807, 2.05) is 14.0 Å². The SMILES string of the molecule is CCOc1cc2c(NC)c3c(nc2cc1F)CCOC3. The van der Waals surface area contributed by atoms with Crippen LogP contribution >= 0.6 is 0 Å². The number of hydrogen-bond acceptors (Lipinski definition) is 4. The molecule has 5 heteroatoms. The molecule has 0 aliphatic carbocycles. The van der Waals surface area contributed by atoms with E-state index in [2.05, 4.69) is 10.3 Å². The highest BCUT2D eigenvalue weighted by Crippen LogP contribution is 2.34. The molecule has 0 spiro atoms. The molecule has 3 rings (SSSR count). The summed E-state index contributed by atoms with van der Waals surface area (Å²) >= 11 is 0. The van der Waals surface area contributed by atoms with Crippen LogP contribution in [0.2, 0.25) is 0 Å². The number of aromatic nitrogens is 1. The standard InChI is InChI=1S/C15H17FN2O2/c1-3-20-14-6-9-13(7-11(14)16)18-12-4-5-19-8-10(12)15(9)17-2/h6-7H,3-5,8H2,1-2H3,(H,17,18). The number of pyridine rings is 1. The van der Waals surface area contributed by atoms with Crippen LogP contribution in [0.4, 0.5) is 10.1 Å². The van der Waals surface area contributed by atoms with E-state index in [1.165, 1.54) is 6.07 Å². The summed E-state index contributed by atoms with van der Waals surface area (Å²) in [6.07, 6.45) is 0.759. The minimum Gasteiger partial charge on any atom is -0.491 e. The Morgan fingerprint density at radius 2 is 2.30 bits per heavy atom. The lowest BCUT2D eigenvalue weighted by Gasteiger charge is -2.21. The molecule has 1 aromatic carbocycles. The first-order chi connectivity index (χ1) is 9.74. The van der Waals surface area contributed by atoms with E-state index in [-0.39, 0.29) is 11.6 Å². The summed E-state index contributed by atoms with van der Waals surface area (Å²) in [7, 11) is 1.85. The van der Waals surface area contributed by atoms with Crippen molar-refractivity contribution in [2.24, 2.45) is 0 Å². The molecule has 2 aromatic rings. The Hall–Kier alpha value is -1.88. The molecule has 0 bridgehead atoms. The first-order valence-corrected chi connectivity index (χ1v) is 6.78. The third-order valence-electron chi connectivity index (χ3n) is 3.50. The zero-order valence-electron chi connectivity index (χ0n) is 11.6. The Labute approximate surface area is 116 Å². The number of anilines is 1. The molecule has 0 amide bonds. The molecular formula is C15H17FN2O2. The fourth-order valence-corrected chi connectivity index (χ4v) is 2.61. The maximum Gasteiger partial charge on any atom is 0.167 e. The lowest BCUT2D eigenvalue weighted by molar-refractivity contribution is 0.110. The number of nitrogens with one attached hydrogen (secondary N) is 1. The zero-order chi connectivity index (χ0) is 14.1. The van der Waals surface area contributed by atoms with Gasteiger partial charge in [0.05, 0.1) is 36.7 Å². The molecule has 1 aromatic heterocycles.